The highest BCUT2D eigenvalue weighted by atomic mass is 35.5. The molecule has 0 amide bonds. The molecular weight excluding hydrogens is 436 g/mol. The monoisotopic (exact) mass is 460 g/mol. The van der Waals surface area contributed by atoms with E-state index in [0.717, 1.165) is 31.2 Å². The van der Waals surface area contributed by atoms with E-state index < -0.39 is 9.84 Å². The van der Waals surface area contributed by atoms with Crippen LogP contribution in [0.3, 0.4) is 0 Å². The maximum absolute atomic E-state index is 13.7. The topological polar surface area (TPSA) is 68.7 Å². The van der Waals surface area contributed by atoms with Gasteiger partial charge in [-0.05, 0) is 56.5 Å². The molecule has 164 valence electrons. The minimum atomic E-state index is -3.82. The molecule has 2 aromatic carbocycles. The van der Waals surface area contributed by atoms with Gasteiger partial charge in [0.25, 0.3) is 0 Å². The molecule has 1 fully saturated rings. The number of pyridine rings is 1. The summed E-state index contributed by atoms with van der Waals surface area (Å²) in [6.07, 6.45) is 4.57. The third-order valence-corrected chi connectivity index (χ3v) is 7.84. The SMILES string of the molecule is COc1cc2ncc(S(=O)(=O)c3ccc(Cl)cc3)c(N3CCCCC3C)c2cc1OC. The van der Waals surface area contributed by atoms with Crippen LogP contribution in [0.5, 0.6) is 11.5 Å². The molecule has 1 unspecified atom stereocenters. The zero-order chi connectivity index (χ0) is 22.2. The Bertz CT molecular complexity index is 1210. The molecule has 1 aromatic heterocycles. The number of sulfone groups is 1. The fraction of sp³-hybridized carbons (Fsp3) is 0.348. The Kier molecular flexibility index (Phi) is 5.99. The number of hydrogen-bond donors (Lipinski definition) is 0. The summed E-state index contributed by atoms with van der Waals surface area (Å²) in [6.45, 7) is 2.91. The highest BCUT2D eigenvalue weighted by molar-refractivity contribution is 7.91. The third-order valence-electron chi connectivity index (χ3n) is 5.81. The van der Waals surface area contributed by atoms with Crippen molar-refractivity contribution in [2.45, 2.75) is 42.0 Å². The lowest BCUT2D eigenvalue weighted by Gasteiger charge is -2.37. The van der Waals surface area contributed by atoms with E-state index in [1.807, 2.05) is 6.07 Å². The van der Waals surface area contributed by atoms with Crippen LogP contribution in [-0.2, 0) is 9.84 Å². The summed E-state index contributed by atoms with van der Waals surface area (Å²) in [6, 6.07) is 10.0. The van der Waals surface area contributed by atoms with Crippen LogP contribution < -0.4 is 14.4 Å². The Morgan fingerprint density at radius 3 is 2.39 bits per heavy atom. The predicted octanol–water partition coefficient (Wildman–Crippen LogP) is 5.12. The summed E-state index contributed by atoms with van der Waals surface area (Å²) in [5, 5.41) is 1.21. The van der Waals surface area contributed by atoms with Crippen LogP contribution in [0.2, 0.25) is 5.02 Å². The summed E-state index contributed by atoms with van der Waals surface area (Å²) in [5.41, 5.74) is 1.31. The van der Waals surface area contributed by atoms with Crippen molar-refractivity contribution < 1.29 is 17.9 Å². The first-order valence-electron chi connectivity index (χ1n) is 10.2. The van der Waals surface area contributed by atoms with E-state index in [4.69, 9.17) is 21.1 Å². The van der Waals surface area contributed by atoms with E-state index in [0.29, 0.717) is 27.7 Å². The first-order chi connectivity index (χ1) is 14.9. The molecule has 8 heteroatoms. The summed E-state index contributed by atoms with van der Waals surface area (Å²) >= 11 is 5.98. The number of methoxy groups -OCH3 is 2. The number of nitrogens with zero attached hydrogens (tertiary/aromatic N) is 2. The van der Waals surface area contributed by atoms with Crippen LogP contribution in [-0.4, -0.2) is 40.2 Å². The number of benzene rings is 2. The number of piperidine rings is 1. The lowest BCUT2D eigenvalue weighted by molar-refractivity contribution is 0.355. The van der Waals surface area contributed by atoms with E-state index in [9.17, 15) is 8.42 Å². The molecule has 1 atom stereocenters. The molecule has 0 spiro atoms. The summed E-state index contributed by atoms with van der Waals surface area (Å²) in [7, 11) is -0.691. The molecule has 6 nitrogen and oxygen atoms in total. The van der Waals surface area contributed by atoms with Gasteiger partial charge in [-0.3, -0.25) is 4.98 Å². The molecule has 0 saturated carbocycles. The zero-order valence-electron chi connectivity index (χ0n) is 17.8. The van der Waals surface area contributed by atoms with Gasteiger partial charge in [0.1, 0.15) is 4.90 Å². The van der Waals surface area contributed by atoms with Gasteiger partial charge in [0.05, 0.1) is 30.3 Å². The molecule has 0 N–H and O–H groups in total. The average Bonchev–Trinajstić information content (AvgIpc) is 2.78. The quantitative estimate of drug-likeness (QED) is 0.526. The van der Waals surface area contributed by atoms with Gasteiger partial charge in [0.2, 0.25) is 9.84 Å². The Morgan fingerprint density at radius 1 is 1.06 bits per heavy atom. The van der Waals surface area contributed by atoms with Gasteiger partial charge in [-0.15, -0.1) is 0 Å². The van der Waals surface area contributed by atoms with Crippen molar-refractivity contribution in [1.29, 1.82) is 0 Å². The van der Waals surface area contributed by atoms with Gasteiger partial charge in [0, 0.05) is 35.3 Å². The van der Waals surface area contributed by atoms with E-state index in [1.165, 1.54) is 18.3 Å². The number of rotatable bonds is 5. The van der Waals surface area contributed by atoms with Gasteiger partial charge in [0.15, 0.2) is 11.5 Å². The highest BCUT2D eigenvalue weighted by Gasteiger charge is 2.30. The van der Waals surface area contributed by atoms with E-state index >= 15 is 0 Å². The van der Waals surface area contributed by atoms with E-state index in [-0.39, 0.29) is 15.8 Å². The van der Waals surface area contributed by atoms with Crippen molar-refractivity contribution >= 4 is 38.0 Å². The second-order valence-electron chi connectivity index (χ2n) is 7.69. The van der Waals surface area contributed by atoms with E-state index in [1.54, 1.807) is 32.4 Å². The van der Waals surface area contributed by atoms with Crippen LogP contribution in [0.1, 0.15) is 26.2 Å². The zero-order valence-corrected chi connectivity index (χ0v) is 19.3. The fourth-order valence-electron chi connectivity index (χ4n) is 4.15. The average molecular weight is 461 g/mol. The smallest absolute Gasteiger partial charge is 0.210 e. The second kappa shape index (κ2) is 8.55. The summed E-state index contributed by atoms with van der Waals surface area (Å²) in [4.78, 5) is 7.04. The normalized spacial score (nSPS) is 17.0. The lowest BCUT2D eigenvalue weighted by atomic mass is 10.0. The number of aromatic nitrogens is 1. The molecule has 1 aliphatic rings. The summed E-state index contributed by atoms with van der Waals surface area (Å²) < 4.78 is 38.3. The first-order valence-corrected chi connectivity index (χ1v) is 12.0. The predicted molar refractivity (Wildman–Crippen MR) is 122 cm³/mol. The molecule has 3 aromatic rings. The van der Waals surface area contributed by atoms with Crippen molar-refractivity contribution in [3.8, 4) is 11.5 Å². The number of fused-ring (bicyclic) bond motifs is 1. The van der Waals surface area contributed by atoms with E-state index in [2.05, 4.69) is 16.8 Å². The number of ether oxygens (including phenoxy) is 2. The van der Waals surface area contributed by atoms with Gasteiger partial charge in [-0.1, -0.05) is 11.6 Å². The van der Waals surface area contributed by atoms with Gasteiger partial charge in [-0.25, -0.2) is 8.42 Å². The number of hydrogen-bond acceptors (Lipinski definition) is 6. The number of halogens is 1. The first kappa shape index (κ1) is 21.7. The molecule has 2 heterocycles. The largest absolute Gasteiger partial charge is 0.493 e. The van der Waals surface area contributed by atoms with Crippen molar-refractivity contribution in [3.05, 3.63) is 47.6 Å². The van der Waals surface area contributed by atoms with Crippen LogP contribution >= 0.6 is 11.6 Å². The van der Waals surface area contributed by atoms with Crippen LogP contribution in [0.25, 0.3) is 10.9 Å². The standard InChI is InChI=1S/C23H25ClN2O4S/c1-15-6-4-5-11-26(15)23-18-12-20(29-2)21(30-3)13-19(18)25-14-22(23)31(27,28)17-9-7-16(24)8-10-17/h7-10,12-15H,4-6,11H2,1-3H3. The lowest BCUT2D eigenvalue weighted by Crippen LogP contribution is -2.38. The Morgan fingerprint density at radius 2 is 1.74 bits per heavy atom. The van der Waals surface area contributed by atoms with Crippen molar-refractivity contribution in [2.24, 2.45) is 0 Å². The summed E-state index contributed by atoms with van der Waals surface area (Å²) in [5.74, 6) is 1.08. The van der Waals surface area contributed by atoms with Crippen LogP contribution in [0.15, 0.2) is 52.4 Å². The van der Waals surface area contributed by atoms with Gasteiger partial charge < -0.3 is 14.4 Å². The maximum Gasteiger partial charge on any atom is 0.210 e. The third kappa shape index (κ3) is 3.92. The Labute approximate surface area is 187 Å². The maximum atomic E-state index is 13.7. The minimum absolute atomic E-state index is 0.184. The second-order valence-corrected chi connectivity index (χ2v) is 10.0. The fourth-order valence-corrected chi connectivity index (χ4v) is 5.70. The Balaban J connectivity index is 2.02. The van der Waals surface area contributed by atoms with Crippen molar-refractivity contribution in [1.82, 2.24) is 4.98 Å². The highest BCUT2D eigenvalue weighted by Crippen LogP contribution is 2.42. The van der Waals surface area contributed by atoms with Crippen molar-refractivity contribution in [2.75, 3.05) is 25.7 Å². The van der Waals surface area contributed by atoms with Crippen molar-refractivity contribution in [3.63, 3.8) is 0 Å². The molecule has 0 radical (unpaired) electrons. The minimum Gasteiger partial charge on any atom is -0.493 e. The van der Waals surface area contributed by atoms with Crippen LogP contribution in [0, 0.1) is 0 Å². The van der Waals surface area contributed by atoms with Gasteiger partial charge >= 0.3 is 0 Å². The molecule has 1 aliphatic heterocycles. The number of anilines is 1. The Hall–Kier alpha value is -2.51. The molecule has 31 heavy (non-hydrogen) atoms. The molecule has 0 bridgehead atoms. The molecule has 1 saturated heterocycles. The molecule has 0 aliphatic carbocycles. The van der Waals surface area contributed by atoms with Gasteiger partial charge in [-0.2, -0.15) is 0 Å². The molecule has 4 rings (SSSR count). The van der Waals surface area contributed by atoms with Crippen LogP contribution in [0.4, 0.5) is 5.69 Å². The molecular formula is C23H25ClN2O4S.